The van der Waals surface area contributed by atoms with Crippen LogP contribution in [0.2, 0.25) is 0 Å². The number of hydrogen-bond donors (Lipinski definition) is 0. The van der Waals surface area contributed by atoms with Gasteiger partial charge in [0.2, 0.25) is 0 Å². The summed E-state index contributed by atoms with van der Waals surface area (Å²) in [5, 5.41) is 0. The zero-order valence-electron chi connectivity index (χ0n) is 9.38. The van der Waals surface area contributed by atoms with E-state index in [0.29, 0.717) is 5.56 Å². The minimum atomic E-state index is -2.62. The Bertz CT molecular complexity index is 394. The van der Waals surface area contributed by atoms with Gasteiger partial charge < -0.3 is 4.74 Å². The van der Waals surface area contributed by atoms with Gasteiger partial charge in [0.25, 0.3) is 6.43 Å². The van der Waals surface area contributed by atoms with Crippen LogP contribution in [0.1, 0.15) is 24.5 Å². The number of carbonyl (C=O) groups is 1. The van der Waals surface area contributed by atoms with Gasteiger partial charge in [-0.3, -0.25) is 4.79 Å². The molecule has 0 aliphatic carbocycles. The van der Waals surface area contributed by atoms with Gasteiger partial charge in [-0.15, -0.1) is 11.6 Å². The minimum Gasteiger partial charge on any atom is -0.493 e. The van der Waals surface area contributed by atoms with Gasteiger partial charge in [0.15, 0.2) is 5.78 Å². The highest BCUT2D eigenvalue weighted by atomic mass is 35.5. The number of halogens is 3. The molecule has 0 amide bonds. The van der Waals surface area contributed by atoms with Gasteiger partial charge in [0, 0.05) is 12.0 Å². The highest BCUT2D eigenvalue weighted by molar-refractivity contribution is 6.27. The van der Waals surface area contributed by atoms with Gasteiger partial charge in [-0.2, -0.15) is 0 Å². The zero-order chi connectivity index (χ0) is 12.8. The van der Waals surface area contributed by atoms with Crippen molar-refractivity contribution in [2.45, 2.75) is 19.8 Å². The van der Waals surface area contributed by atoms with Crippen LogP contribution in [0.15, 0.2) is 18.2 Å². The molecule has 1 aromatic carbocycles. The van der Waals surface area contributed by atoms with E-state index in [1.54, 1.807) is 13.0 Å². The number of ketones is 1. The molecule has 0 aliphatic heterocycles. The smallest absolute Gasteiger partial charge is 0.267 e. The standard InChI is InChI=1S/C12H13ClF2O2/c1-2-17-11-8(6-9(16)7-13)4-3-5-10(11)12(14)15/h3-5,12H,2,6-7H2,1H3. The largest absolute Gasteiger partial charge is 0.493 e. The first-order chi connectivity index (χ1) is 8.10. The molecule has 0 aromatic heterocycles. The number of Topliss-reactive ketones (excluding diaryl/α,β-unsaturated/α-hetero) is 1. The number of hydrogen-bond acceptors (Lipinski definition) is 2. The van der Waals surface area contributed by atoms with Crippen LogP contribution in [0.4, 0.5) is 8.78 Å². The van der Waals surface area contributed by atoms with E-state index < -0.39 is 6.43 Å². The molecule has 5 heteroatoms. The molecule has 0 spiro atoms. The maximum atomic E-state index is 12.8. The lowest BCUT2D eigenvalue weighted by molar-refractivity contribution is -0.116. The molecular weight excluding hydrogens is 250 g/mol. The van der Waals surface area contributed by atoms with Crippen molar-refractivity contribution in [3.8, 4) is 5.75 Å². The normalized spacial score (nSPS) is 10.6. The van der Waals surface area contributed by atoms with E-state index in [1.807, 2.05) is 0 Å². The molecule has 94 valence electrons. The van der Waals surface area contributed by atoms with Crippen LogP contribution in [-0.4, -0.2) is 18.3 Å². The van der Waals surface area contributed by atoms with Gasteiger partial charge in [-0.1, -0.05) is 12.1 Å². The molecule has 0 fully saturated rings. The van der Waals surface area contributed by atoms with E-state index in [9.17, 15) is 13.6 Å². The number of ether oxygens (including phenoxy) is 1. The summed E-state index contributed by atoms with van der Waals surface area (Å²) in [6, 6.07) is 4.38. The summed E-state index contributed by atoms with van der Waals surface area (Å²) in [5.74, 6) is -0.257. The first-order valence-corrected chi connectivity index (χ1v) is 5.74. The van der Waals surface area contributed by atoms with Gasteiger partial charge in [-0.05, 0) is 13.0 Å². The minimum absolute atomic E-state index is 0.0133. The molecule has 0 heterocycles. The van der Waals surface area contributed by atoms with Gasteiger partial charge >= 0.3 is 0 Å². The van der Waals surface area contributed by atoms with Crippen LogP contribution >= 0.6 is 11.6 Å². The fourth-order valence-corrected chi connectivity index (χ4v) is 1.59. The third kappa shape index (κ3) is 3.66. The second-order valence-electron chi connectivity index (χ2n) is 3.42. The Hall–Kier alpha value is -1.16. The molecule has 2 nitrogen and oxygen atoms in total. The molecule has 0 N–H and O–H groups in total. The van der Waals surface area contributed by atoms with Crippen molar-refractivity contribution in [1.82, 2.24) is 0 Å². The summed E-state index contributed by atoms with van der Waals surface area (Å²) < 4.78 is 30.7. The number of rotatable bonds is 6. The SMILES string of the molecule is CCOc1c(CC(=O)CCl)cccc1C(F)F. The second kappa shape index (κ2) is 6.55. The van der Waals surface area contributed by atoms with Crippen LogP contribution < -0.4 is 4.74 Å². The van der Waals surface area contributed by atoms with Crippen LogP contribution in [-0.2, 0) is 11.2 Å². The summed E-state index contributed by atoms with van der Waals surface area (Å²) in [6.45, 7) is 1.97. The molecule has 17 heavy (non-hydrogen) atoms. The summed E-state index contributed by atoms with van der Waals surface area (Å²) in [5.41, 5.74) is 0.266. The van der Waals surface area contributed by atoms with E-state index in [4.69, 9.17) is 16.3 Å². The molecule has 0 unspecified atom stereocenters. The molecule has 0 saturated heterocycles. The lowest BCUT2D eigenvalue weighted by Gasteiger charge is -2.13. The number of benzene rings is 1. The Morgan fingerprint density at radius 1 is 1.47 bits per heavy atom. The van der Waals surface area contributed by atoms with Crippen LogP contribution in [0.3, 0.4) is 0 Å². The molecule has 0 aliphatic rings. The highest BCUT2D eigenvalue weighted by Gasteiger charge is 2.18. The zero-order valence-corrected chi connectivity index (χ0v) is 10.1. The number of para-hydroxylation sites is 1. The average molecular weight is 263 g/mol. The molecular formula is C12H13ClF2O2. The Morgan fingerprint density at radius 3 is 2.71 bits per heavy atom. The van der Waals surface area contributed by atoms with Crippen molar-refractivity contribution in [2.24, 2.45) is 0 Å². The van der Waals surface area contributed by atoms with E-state index in [2.05, 4.69) is 0 Å². The number of alkyl halides is 3. The summed E-state index contributed by atoms with van der Waals surface area (Å²) >= 11 is 5.40. The predicted molar refractivity (Wildman–Crippen MR) is 62.0 cm³/mol. The quantitative estimate of drug-likeness (QED) is 0.735. The summed E-state index contributed by atoms with van der Waals surface area (Å²) in [4.78, 5) is 11.2. The van der Waals surface area contributed by atoms with Gasteiger partial charge in [0.1, 0.15) is 5.75 Å². The maximum absolute atomic E-state index is 12.8. The first kappa shape index (κ1) is 13.9. The van der Waals surface area contributed by atoms with Crippen molar-refractivity contribution < 1.29 is 18.3 Å². The molecule has 1 rings (SSSR count). The highest BCUT2D eigenvalue weighted by Crippen LogP contribution is 2.32. The van der Waals surface area contributed by atoms with Crippen molar-refractivity contribution in [3.63, 3.8) is 0 Å². The molecule has 1 aromatic rings. The summed E-state index contributed by atoms with van der Waals surface area (Å²) in [6.07, 6.45) is -2.61. The molecule has 0 bridgehead atoms. The van der Waals surface area contributed by atoms with Gasteiger partial charge in [0.05, 0.1) is 18.1 Å². The predicted octanol–water partition coefficient (Wildman–Crippen LogP) is 3.37. The van der Waals surface area contributed by atoms with Crippen molar-refractivity contribution in [3.05, 3.63) is 29.3 Å². The Labute approximate surface area is 104 Å². The Morgan fingerprint density at radius 2 is 2.18 bits per heavy atom. The fraction of sp³-hybridized carbons (Fsp3) is 0.417. The lowest BCUT2D eigenvalue weighted by atomic mass is 10.0. The van der Waals surface area contributed by atoms with Crippen molar-refractivity contribution in [1.29, 1.82) is 0 Å². The molecule has 0 radical (unpaired) electrons. The Kier molecular flexibility index (Phi) is 5.35. The van der Waals surface area contributed by atoms with E-state index in [-0.39, 0.29) is 36.0 Å². The monoisotopic (exact) mass is 262 g/mol. The van der Waals surface area contributed by atoms with E-state index in [0.717, 1.165) is 0 Å². The Balaban J connectivity index is 3.10. The third-order valence-corrected chi connectivity index (χ3v) is 2.49. The average Bonchev–Trinajstić information content (AvgIpc) is 2.31. The van der Waals surface area contributed by atoms with E-state index in [1.165, 1.54) is 12.1 Å². The lowest BCUT2D eigenvalue weighted by Crippen LogP contribution is -2.08. The topological polar surface area (TPSA) is 26.3 Å². The van der Waals surface area contributed by atoms with E-state index >= 15 is 0 Å². The molecule has 0 atom stereocenters. The fourth-order valence-electron chi connectivity index (χ4n) is 1.50. The maximum Gasteiger partial charge on any atom is 0.267 e. The first-order valence-electron chi connectivity index (χ1n) is 5.20. The van der Waals surface area contributed by atoms with Gasteiger partial charge in [-0.25, -0.2) is 8.78 Å². The second-order valence-corrected chi connectivity index (χ2v) is 3.69. The van der Waals surface area contributed by atoms with Crippen LogP contribution in [0, 0.1) is 0 Å². The third-order valence-electron chi connectivity index (χ3n) is 2.19. The number of carbonyl (C=O) groups excluding carboxylic acids is 1. The summed E-state index contributed by atoms with van der Waals surface area (Å²) in [7, 11) is 0. The molecule has 0 saturated carbocycles. The van der Waals surface area contributed by atoms with Crippen molar-refractivity contribution >= 4 is 17.4 Å². The van der Waals surface area contributed by atoms with Crippen LogP contribution in [0.25, 0.3) is 0 Å². The van der Waals surface area contributed by atoms with Crippen LogP contribution in [0.5, 0.6) is 5.75 Å². The van der Waals surface area contributed by atoms with Crippen molar-refractivity contribution in [2.75, 3.05) is 12.5 Å².